The molecule has 1 aromatic carbocycles. The lowest BCUT2D eigenvalue weighted by Gasteiger charge is -2.31. The Bertz CT molecular complexity index is 331. The third-order valence-electron chi connectivity index (χ3n) is 3.61. The zero-order chi connectivity index (χ0) is 12.7. The number of benzene rings is 1. The minimum atomic E-state index is -0.194. The minimum Gasteiger partial charge on any atom is -0.396 e. The lowest BCUT2D eigenvalue weighted by molar-refractivity contribution is 0.107. The normalized spacial score (nSPS) is 14.6. The number of rotatable bonds is 7. The highest BCUT2D eigenvalue weighted by Crippen LogP contribution is 2.32. The fourth-order valence-electron chi connectivity index (χ4n) is 2.27. The molecule has 1 aromatic rings. The van der Waals surface area contributed by atoms with Crippen molar-refractivity contribution in [3.63, 3.8) is 0 Å². The Morgan fingerprint density at radius 3 is 2.59 bits per heavy atom. The minimum absolute atomic E-state index is 0.0796. The fourth-order valence-corrected chi connectivity index (χ4v) is 2.27. The van der Waals surface area contributed by atoms with Crippen molar-refractivity contribution in [2.24, 2.45) is 5.41 Å². The summed E-state index contributed by atoms with van der Waals surface area (Å²) in [6.45, 7) is 4.44. The van der Waals surface area contributed by atoms with Gasteiger partial charge in [-0.2, -0.15) is 0 Å². The van der Waals surface area contributed by atoms with E-state index in [4.69, 9.17) is 0 Å². The van der Waals surface area contributed by atoms with E-state index in [-0.39, 0.29) is 17.8 Å². The first-order chi connectivity index (χ1) is 8.15. The Labute approximate surface area is 104 Å². The van der Waals surface area contributed by atoms with Gasteiger partial charge in [0, 0.05) is 6.61 Å². The fraction of sp³-hybridized carbons (Fsp3) is 0.600. The standard InChI is InChI=1S/C15H23FO/c1-3-5-9-15(4-2,12-17)11-13-7-6-8-14(16)10-13/h6-8,10,17H,3-5,9,11-12H2,1-2H3. The summed E-state index contributed by atoms with van der Waals surface area (Å²) in [7, 11) is 0. The van der Waals surface area contributed by atoms with Gasteiger partial charge >= 0.3 is 0 Å². The summed E-state index contributed by atoms with van der Waals surface area (Å²) in [6.07, 6.45) is 4.94. The second-order valence-corrected chi connectivity index (χ2v) is 4.92. The summed E-state index contributed by atoms with van der Waals surface area (Å²) in [6, 6.07) is 6.71. The Balaban J connectivity index is 2.78. The Kier molecular flexibility index (Phi) is 5.63. The van der Waals surface area contributed by atoms with Crippen molar-refractivity contribution < 1.29 is 9.50 Å². The molecule has 0 saturated carbocycles. The lowest BCUT2D eigenvalue weighted by atomic mass is 9.76. The number of unbranched alkanes of at least 4 members (excludes halogenated alkanes) is 1. The van der Waals surface area contributed by atoms with Gasteiger partial charge in [-0.1, -0.05) is 38.8 Å². The molecule has 0 heterocycles. The van der Waals surface area contributed by atoms with Crippen LogP contribution < -0.4 is 0 Å². The summed E-state index contributed by atoms with van der Waals surface area (Å²) >= 11 is 0. The highest BCUT2D eigenvalue weighted by Gasteiger charge is 2.27. The molecule has 17 heavy (non-hydrogen) atoms. The van der Waals surface area contributed by atoms with Crippen molar-refractivity contribution in [2.75, 3.05) is 6.61 Å². The van der Waals surface area contributed by atoms with E-state index in [2.05, 4.69) is 13.8 Å². The summed E-state index contributed by atoms with van der Waals surface area (Å²) in [5.41, 5.74) is 0.904. The van der Waals surface area contributed by atoms with Crippen molar-refractivity contribution in [3.8, 4) is 0 Å². The van der Waals surface area contributed by atoms with Gasteiger partial charge in [-0.05, 0) is 42.4 Å². The zero-order valence-corrected chi connectivity index (χ0v) is 10.9. The molecule has 0 bridgehead atoms. The summed E-state index contributed by atoms with van der Waals surface area (Å²) in [5.74, 6) is -0.194. The van der Waals surface area contributed by atoms with Crippen LogP contribution in [0.2, 0.25) is 0 Å². The zero-order valence-electron chi connectivity index (χ0n) is 10.9. The molecule has 1 rings (SSSR count). The monoisotopic (exact) mass is 238 g/mol. The van der Waals surface area contributed by atoms with Crippen LogP contribution in [0, 0.1) is 11.2 Å². The molecule has 1 nitrogen and oxygen atoms in total. The van der Waals surface area contributed by atoms with Gasteiger partial charge in [-0.25, -0.2) is 4.39 Å². The Morgan fingerprint density at radius 2 is 2.06 bits per heavy atom. The molecule has 2 heteroatoms. The molecule has 96 valence electrons. The first-order valence-corrected chi connectivity index (χ1v) is 6.51. The average Bonchev–Trinajstić information content (AvgIpc) is 2.35. The van der Waals surface area contributed by atoms with Gasteiger partial charge in [-0.15, -0.1) is 0 Å². The number of hydrogen-bond donors (Lipinski definition) is 1. The highest BCUT2D eigenvalue weighted by atomic mass is 19.1. The molecule has 0 spiro atoms. The van der Waals surface area contributed by atoms with E-state index in [0.29, 0.717) is 0 Å². The van der Waals surface area contributed by atoms with Gasteiger partial charge < -0.3 is 5.11 Å². The maximum absolute atomic E-state index is 13.1. The molecule has 0 radical (unpaired) electrons. The molecule has 0 saturated heterocycles. The molecule has 1 atom stereocenters. The van der Waals surface area contributed by atoms with Crippen LogP contribution in [0.15, 0.2) is 24.3 Å². The van der Waals surface area contributed by atoms with E-state index in [0.717, 1.165) is 37.7 Å². The SMILES string of the molecule is CCCCC(CC)(CO)Cc1cccc(F)c1. The van der Waals surface area contributed by atoms with E-state index in [9.17, 15) is 9.50 Å². The number of aliphatic hydroxyl groups is 1. The van der Waals surface area contributed by atoms with E-state index >= 15 is 0 Å². The number of hydrogen-bond acceptors (Lipinski definition) is 1. The topological polar surface area (TPSA) is 20.2 Å². The summed E-state index contributed by atoms with van der Waals surface area (Å²) in [5, 5.41) is 9.64. The molecule has 1 N–H and O–H groups in total. The third-order valence-corrected chi connectivity index (χ3v) is 3.61. The van der Waals surface area contributed by atoms with Crippen LogP contribution in [0.3, 0.4) is 0 Å². The van der Waals surface area contributed by atoms with E-state index in [1.54, 1.807) is 12.1 Å². The lowest BCUT2D eigenvalue weighted by Crippen LogP contribution is -2.27. The smallest absolute Gasteiger partial charge is 0.123 e. The first kappa shape index (κ1) is 14.2. The van der Waals surface area contributed by atoms with Crippen LogP contribution in [-0.4, -0.2) is 11.7 Å². The van der Waals surface area contributed by atoms with E-state index < -0.39 is 0 Å². The van der Waals surface area contributed by atoms with Crippen molar-refractivity contribution in [3.05, 3.63) is 35.6 Å². The molecule has 0 aliphatic heterocycles. The predicted octanol–water partition coefficient (Wildman–Crippen LogP) is 3.95. The molecule has 0 aliphatic rings. The van der Waals surface area contributed by atoms with Gasteiger partial charge in [0.15, 0.2) is 0 Å². The molecule has 1 unspecified atom stereocenters. The Hall–Kier alpha value is -0.890. The van der Waals surface area contributed by atoms with Crippen LogP contribution in [0.25, 0.3) is 0 Å². The van der Waals surface area contributed by atoms with Crippen molar-refractivity contribution in [1.29, 1.82) is 0 Å². The molecule has 0 aliphatic carbocycles. The molecular weight excluding hydrogens is 215 g/mol. The van der Waals surface area contributed by atoms with Crippen molar-refractivity contribution in [2.45, 2.75) is 46.0 Å². The maximum atomic E-state index is 13.1. The quantitative estimate of drug-likeness (QED) is 0.762. The largest absolute Gasteiger partial charge is 0.396 e. The third kappa shape index (κ3) is 4.12. The van der Waals surface area contributed by atoms with Gasteiger partial charge in [0.2, 0.25) is 0 Å². The second-order valence-electron chi connectivity index (χ2n) is 4.92. The molecular formula is C15H23FO. The average molecular weight is 238 g/mol. The van der Waals surface area contributed by atoms with Gasteiger partial charge in [0.1, 0.15) is 5.82 Å². The van der Waals surface area contributed by atoms with Gasteiger partial charge in [0.05, 0.1) is 0 Å². The van der Waals surface area contributed by atoms with Crippen LogP contribution in [0.1, 0.15) is 45.1 Å². The van der Waals surface area contributed by atoms with Crippen molar-refractivity contribution >= 4 is 0 Å². The van der Waals surface area contributed by atoms with Gasteiger partial charge in [0.25, 0.3) is 0 Å². The summed E-state index contributed by atoms with van der Waals surface area (Å²) in [4.78, 5) is 0. The predicted molar refractivity (Wildman–Crippen MR) is 69.4 cm³/mol. The molecule has 0 aromatic heterocycles. The Morgan fingerprint density at radius 1 is 1.29 bits per heavy atom. The second kappa shape index (κ2) is 6.75. The number of aliphatic hydroxyl groups excluding tert-OH is 1. The maximum Gasteiger partial charge on any atom is 0.123 e. The van der Waals surface area contributed by atoms with Crippen LogP contribution >= 0.6 is 0 Å². The van der Waals surface area contributed by atoms with Crippen LogP contribution in [0.5, 0.6) is 0 Å². The van der Waals surface area contributed by atoms with Crippen LogP contribution in [-0.2, 0) is 6.42 Å². The molecule has 0 amide bonds. The number of halogens is 1. The highest BCUT2D eigenvalue weighted by molar-refractivity contribution is 5.18. The van der Waals surface area contributed by atoms with Gasteiger partial charge in [-0.3, -0.25) is 0 Å². The summed E-state index contributed by atoms with van der Waals surface area (Å²) < 4.78 is 13.1. The first-order valence-electron chi connectivity index (χ1n) is 6.51. The molecule has 0 fully saturated rings. The van der Waals surface area contributed by atoms with Crippen molar-refractivity contribution in [1.82, 2.24) is 0 Å². The van der Waals surface area contributed by atoms with Crippen LogP contribution in [0.4, 0.5) is 4.39 Å². The van der Waals surface area contributed by atoms with E-state index in [1.807, 2.05) is 6.07 Å². The van der Waals surface area contributed by atoms with E-state index in [1.165, 1.54) is 6.07 Å².